The topological polar surface area (TPSA) is 124 Å². The summed E-state index contributed by atoms with van der Waals surface area (Å²) < 4.78 is 24.2. The standard InChI is InChI=1S/C6H13NO6S/c1-4(6(10)11)14(12,13)7-5(2-8)3-9/h4-5,7-9H,2-3H2,1H3,(H,10,11). The van der Waals surface area contributed by atoms with E-state index in [9.17, 15) is 13.2 Å². The van der Waals surface area contributed by atoms with Crippen LogP contribution in [0, 0.1) is 0 Å². The quantitative estimate of drug-likeness (QED) is 0.405. The zero-order chi connectivity index (χ0) is 11.4. The van der Waals surface area contributed by atoms with Gasteiger partial charge in [-0.05, 0) is 6.92 Å². The van der Waals surface area contributed by atoms with Crippen molar-refractivity contribution in [2.24, 2.45) is 0 Å². The van der Waals surface area contributed by atoms with Gasteiger partial charge in [-0.2, -0.15) is 0 Å². The van der Waals surface area contributed by atoms with E-state index < -0.39 is 40.5 Å². The molecule has 4 N–H and O–H groups in total. The van der Waals surface area contributed by atoms with Gasteiger partial charge in [0.1, 0.15) is 0 Å². The average molecular weight is 227 g/mol. The van der Waals surface area contributed by atoms with E-state index >= 15 is 0 Å². The third-order valence-electron chi connectivity index (χ3n) is 1.58. The van der Waals surface area contributed by atoms with Crippen molar-refractivity contribution in [2.75, 3.05) is 13.2 Å². The molecule has 0 fully saturated rings. The van der Waals surface area contributed by atoms with Crippen LogP contribution in [-0.4, -0.2) is 54.2 Å². The Hall–Kier alpha value is -0.700. The Morgan fingerprint density at radius 3 is 2.07 bits per heavy atom. The average Bonchev–Trinajstić information content (AvgIpc) is 2.12. The molecule has 0 aliphatic heterocycles. The van der Waals surface area contributed by atoms with E-state index in [0.29, 0.717) is 0 Å². The summed E-state index contributed by atoms with van der Waals surface area (Å²) in [6.07, 6.45) is 0. The fourth-order valence-electron chi connectivity index (χ4n) is 0.599. The van der Waals surface area contributed by atoms with E-state index in [0.717, 1.165) is 6.92 Å². The Bertz CT molecular complexity index is 283. The van der Waals surface area contributed by atoms with E-state index in [1.54, 1.807) is 0 Å². The summed E-state index contributed by atoms with van der Waals surface area (Å²) in [6.45, 7) is -0.194. The van der Waals surface area contributed by atoms with Gasteiger partial charge in [0.05, 0.1) is 19.3 Å². The highest BCUT2D eigenvalue weighted by Crippen LogP contribution is 1.99. The maximum Gasteiger partial charge on any atom is 0.323 e. The second kappa shape index (κ2) is 5.25. The molecule has 0 aliphatic carbocycles. The van der Waals surface area contributed by atoms with E-state index in [1.807, 2.05) is 4.72 Å². The number of hydrogen-bond donors (Lipinski definition) is 4. The molecule has 14 heavy (non-hydrogen) atoms. The molecule has 0 saturated heterocycles. The second-order valence-corrected chi connectivity index (χ2v) is 4.74. The van der Waals surface area contributed by atoms with Crippen molar-refractivity contribution >= 4 is 16.0 Å². The van der Waals surface area contributed by atoms with Gasteiger partial charge in [0, 0.05) is 0 Å². The number of carboxylic acid groups (broad SMARTS) is 1. The molecule has 0 saturated carbocycles. The molecule has 0 aliphatic rings. The second-order valence-electron chi connectivity index (χ2n) is 2.71. The Labute approximate surface area is 81.4 Å². The first-order valence-corrected chi connectivity index (χ1v) is 5.35. The molecular weight excluding hydrogens is 214 g/mol. The van der Waals surface area contributed by atoms with Crippen LogP contribution in [0.4, 0.5) is 0 Å². The number of nitrogens with one attached hydrogen (secondary N) is 1. The Morgan fingerprint density at radius 1 is 1.36 bits per heavy atom. The summed E-state index contributed by atoms with van der Waals surface area (Å²) in [5, 5.41) is 24.0. The molecule has 0 aromatic carbocycles. The summed E-state index contributed by atoms with van der Waals surface area (Å²) >= 11 is 0. The van der Waals surface area contributed by atoms with E-state index in [1.165, 1.54) is 0 Å². The molecule has 0 rings (SSSR count). The molecule has 0 aromatic rings. The lowest BCUT2D eigenvalue weighted by molar-refractivity contribution is -0.136. The fraction of sp³-hybridized carbons (Fsp3) is 0.833. The van der Waals surface area contributed by atoms with Crippen LogP contribution >= 0.6 is 0 Å². The first-order valence-electron chi connectivity index (χ1n) is 3.80. The number of carbonyl (C=O) groups is 1. The van der Waals surface area contributed by atoms with E-state index in [-0.39, 0.29) is 0 Å². The van der Waals surface area contributed by atoms with Gasteiger partial charge < -0.3 is 15.3 Å². The third kappa shape index (κ3) is 3.58. The molecular formula is C6H13NO6S. The van der Waals surface area contributed by atoms with Crippen LogP contribution in [0.3, 0.4) is 0 Å². The van der Waals surface area contributed by atoms with Crippen LogP contribution in [-0.2, 0) is 14.8 Å². The molecule has 0 aromatic heterocycles. The lowest BCUT2D eigenvalue weighted by Crippen LogP contribution is -2.46. The number of aliphatic hydroxyl groups excluding tert-OH is 2. The van der Waals surface area contributed by atoms with Gasteiger partial charge in [-0.1, -0.05) is 0 Å². The highest BCUT2D eigenvalue weighted by molar-refractivity contribution is 7.90. The molecule has 0 bridgehead atoms. The molecule has 0 heterocycles. The number of aliphatic carboxylic acids is 1. The van der Waals surface area contributed by atoms with Gasteiger partial charge in [0.15, 0.2) is 5.25 Å². The molecule has 8 heteroatoms. The zero-order valence-electron chi connectivity index (χ0n) is 7.54. The lowest BCUT2D eigenvalue weighted by Gasteiger charge is -2.15. The maximum atomic E-state index is 11.2. The summed E-state index contributed by atoms with van der Waals surface area (Å²) in [5.74, 6) is -1.49. The van der Waals surface area contributed by atoms with Gasteiger partial charge in [0.25, 0.3) is 0 Å². The normalized spacial score (nSPS) is 14.3. The van der Waals surface area contributed by atoms with Crippen molar-refractivity contribution in [3.63, 3.8) is 0 Å². The van der Waals surface area contributed by atoms with Gasteiger partial charge >= 0.3 is 5.97 Å². The lowest BCUT2D eigenvalue weighted by atomic mass is 10.4. The maximum absolute atomic E-state index is 11.2. The Morgan fingerprint density at radius 2 is 1.79 bits per heavy atom. The molecule has 0 spiro atoms. The van der Waals surface area contributed by atoms with Crippen molar-refractivity contribution < 1.29 is 28.5 Å². The fourth-order valence-corrected chi connectivity index (χ4v) is 1.68. The summed E-state index contributed by atoms with van der Waals surface area (Å²) in [7, 11) is -4.05. The third-order valence-corrected chi connectivity index (χ3v) is 3.38. The number of sulfonamides is 1. The van der Waals surface area contributed by atoms with Crippen molar-refractivity contribution in [2.45, 2.75) is 18.2 Å². The highest BCUT2D eigenvalue weighted by atomic mass is 32.2. The van der Waals surface area contributed by atoms with Crippen molar-refractivity contribution in [3.05, 3.63) is 0 Å². The Kier molecular flexibility index (Phi) is 4.99. The molecule has 7 nitrogen and oxygen atoms in total. The van der Waals surface area contributed by atoms with Gasteiger partial charge in [0.2, 0.25) is 10.0 Å². The SMILES string of the molecule is CC(C(=O)O)S(=O)(=O)NC(CO)CO. The predicted octanol–water partition coefficient (Wildman–Crippen LogP) is -2.27. The minimum Gasteiger partial charge on any atom is -0.480 e. The first kappa shape index (κ1) is 13.3. The monoisotopic (exact) mass is 227 g/mol. The molecule has 1 atom stereocenters. The minimum atomic E-state index is -4.05. The van der Waals surface area contributed by atoms with Crippen LogP contribution < -0.4 is 4.72 Å². The van der Waals surface area contributed by atoms with Crippen LogP contribution in [0.2, 0.25) is 0 Å². The van der Waals surface area contributed by atoms with Gasteiger partial charge in [-0.25, -0.2) is 13.1 Å². The van der Waals surface area contributed by atoms with Crippen LogP contribution in [0.5, 0.6) is 0 Å². The van der Waals surface area contributed by atoms with Crippen molar-refractivity contribution in [1.29, 1.82) is 0 Å². The van der Waals surface area contributed by atoms with E-state index in [4.69, 9.17) is 15.3 Å². The zero-order valence-corrected chi connectivity index (χ0v) is 8.36. The van der Waals surface area contributed by atoms with Crippen molar-refractivity contribution in [3.8, 4) is 0 Å². The molecule has 0 amide bonds. The number of hydrogen-bond acceptors (Lipinski definition) is 5. The highest BCUT2D eigenvalue weighted by Gasteiger charge is 2.29. The van der Waals surface area contributed by atoms with Crippen LogP contribution in [0.15, 0.2) is 0 Å². The molecule has 1 unspecified atom stereocenters. The Balaban J connectivity index is 4.56. The molecule has 84 valence electrons. The largest absolute Gasteiger partial charge is 0.480 e. The number of carboxylic acids is 1. The van der Waals surface area contributed by atoms with Crippen LogP contribution in [0.1, 0.15) is 6.92 Å². The van der Waals surface area contributed by atoms with Gasteiger partial charge in [-0.15, -0.1) is 0 Å². The summed E-state index contributed by atoms with van der Waals surface area (Å²) in [4.78, 5) is 10.4. The van der Waals surface area contributed by atoms with Gasteiger partial charge in [-0.3, -0.25) is 4.79 Å². The first-order chi connectivity index (χ1) is 6.35. The van der Waals surface area contributed by atoms with Crippen molar-refractivity contribution in [1.82, 2.24) is 4.72 Å². The smallest absolute Gasteiger partial charge is 0.323 e. The summed E-state index contributed by atoms with van der Waals surface area (Å²) in [5.41, 5.74) is 0. The van der Waals surface area contributed by atoms with Crippen LogP contribution in [0.25, 0.3) is 0 Å². The van der Waals surface area contributed by atoms with E-state index in [2.05, 4.69) is 0 Å². The molecule has 0 radical (unpaired) electrons. The number of aliphatic hydroxyl groups is 2. The predicted molar refractivity (Wildman–Crippen MR) is 47.1 cm³/mol. The number of rotatable bonds is 6. The summed E-state index contributed by atoms with van der Waals surface area (Å²) in [6, 6.07) is -1.07. The minimum absolute atomic E-state index is 0.595.